The van der Waals surface area contributed by atoms with Crippen LogP contribution in [-0.4, -0.2) is 43.9 Å². The zero-order valence-electron chi connectivity index (χ0n) is 13.6. The Labute approximate surface area is 140 Å². The number of anilines is 1. The normalized spacial score (nSPS) is 17.8. The lowest BCUT2D eigenvalue weighted by atomic mass is 10.1. The molecule has 1 aliphatic heterocycles. The fourth-order valence-electron chi connectivity index (χ4n) is 3.25. The van der Waals surface area contributed by atoms with Crippen molar-refractivity contribution in [1.82, 2.24) is 14.5 Å². The maximum atomic E-state index is 9.65. The highest BCUT2D eigenvalue weighted by Crippen LogP contribution is 2.26. The Kier molecular flexibility index (Phi) is 3.70. The number of imidazole rings is 1. The molecule has 0 unspecified atom stereocenters. The van der Waals surface area contributed by atoms with Gasteiger partial charge in [0.05, 0.1) is 17.1 Å². The average Bonchev–Trinajstić information content (AvgIpc) is 3.18. The molecular weight excluding hydrogens is 304 g/mol. The Hall–Kier alpha value is -2.44. The molecule has 2 aromatic heterocycles. The highest BCUT2D eigenvalue weighted by atomic mass is 16.3. The largest absolute Gasteiger partial charge is 0.391 e. The second kappa shape index (κ2) is 5.89. The zero-order valence-corrected chi connectivity index (χ0v) is 13.6. The molecule has 4 rings (SSSR count). The molecule has 6 nitrogen and oxygen atoms in total. The van der Waals surface area contributed by atoms with E-state index in [0.717, 1.165) is 40.9 Å². The SMILES string of the molecule is Cn1c(CO)nc2ccc(-c3ccc(N4CC[C@@H](O)C4)nc3)cc21. The van der Waals surface area contributed by atoms with Gasteiger partial charge >= 0.3 is 0 Å². The quantitative estimate of drug-likeness (QED) is 0.767. The summed E-state index contributed by atoms with van der Waals surface area (Å²) in [6, 6.07) is 10.1. The Morgan fingerprint density at radius 3 is 2.71 bits per heavy atom. The van der Waals surface area contributed by atoms with E-state index >= 15 is 0 Å². The number of hydrogen-bond donors (Lipinski definition) is 2. The van der Waals surface area contributed by atoms with Crippen molar-refractivity contribution in [3.05, 3.63) is 42.4 Å². The second-order valence-corrected chi connectivity index (χ2v) is 6.24. The molecule has 6 heteroatoms. The third kappa shape index (κ3) is 2.53. The number of aromatic nitrogens is 3. The first-order valence-corrected chi connectivity index (χ1v) is 8.11. The molecule has 1 fully saturated rings. The molecule has 2 N–H and O–H groups in total. The van der Waals surface area contributed by atoms with Crippen molar-refractivity contribution >= 4 is 16.9 Å². The maximum Gasteiger partial charge on any atom is 0.135 e. The van der Waals surface area contributed by atoms with E-state index in [1.807, 2.05) is 36.0 Å². The summed E-state index contributed by atoms with van der Waals surface area (Å²) in [5.41, 5.74) is 3.96. The highest BCUT2D eigenvalue weighted by Gasteiger charge is 2.21. The first-order valence-electron chi connectivity index (χ1n) is 8.11. The van der Waals surface area contributed by atoms with E-state index in [0.29, 0.717) is 12.4 Å². The number of fused-ring (bicyclic) bond motifs is 1. The number of aliphatic hydroxyl groups excluding tert-OH is 2. The molecule has 0 spiro atoms. The van der Waals surface area contributed by atoms with Gasteiger partial charge in [-0.2, -0.15) is 0 Å². The topological polar surface area (TPSA) is 74.4 Å². The van der Waals surface area contributed by atoms with Gasteiger partial charge in [0.2, 0.25) is 0 Å². The van der Waals surface area contributed by atoms with Crippen molar-refractivity contribution in [2.75, 3.05) is 18.0 Å². The van der Waals surface area contributed by atoms with Gasteiger partial charge < -0.3 is 19.7 Å². The number of benzene rings is 1. The lowest BCUT2D eigenvalue weighted by molar-refractivity contribution is 0.198. The van der Waals surface area contributed by atoms with Crippen molar-refractivity contribution < 1.29 is 10.2 Å². The Balaban J connectivity index is 1.66. The minimum Gasteiger partial charge on any atom is -0.391 e. The molecule has 0 radical (unpaired) electrons. The molecule has 24 heavy (non-hydrogen) atoms. The first kappa shape index (κ1) is 15.1. The minimum absolute atomic E-state index is 0.0710. The van der Waals surface area contributed by atoms with Crippen molar-refractivity contribution in [3.63, 3.8) is 0 Å². The molecule has 1 aromatic carbocycles. The van der Waals surface area contributed by atoms with E-state index in [9.17, 15) is 10.2 Å². The number of nitrogens with zero attached hydrogens (tertiary/aromatic N) is 4. The van der Waals surface area contributed by atoms with Crippen LogP contribution in [0.3, 0.4) is 0 Å². The van der Waals surface area contributed by atoms with Gasteiger partial charge in [-0.15, -0.1) is 0 Å². The van der Waals surface area contributed by atoms with Crippen molar-refractivity contribution in [3.8, 4) is 11.1 Å². The van der Waals surface area contributed by atoms with Gasteiger partial charge in [0.15, 0.2) is 0 Å². The molecule has 3 aromatic rings. The summed E-state index contributed by atoms with van der Waals surface area (Å²) in [5, 5.41) is 19.0. The lowest BCUT2D eigenvalue weighted by Crippen LogP contribution is -2.21. The standard InChI is InChI=1S/C18H20N4O2/c1-21-16-8-12(2-4-15(16)20-18(21)11-23)13-3-5-17(19-9-13)22-7-6-14(24)10-22/h2-5,8-9,14,23-24H,6-7,10-11H2,1H3/t14-/m1/s1. The van der Waals surface area contributed by atoms with Crippen LogP contribution in [0.15, 0.2) is 36.5 Å². The van der Waals surface area contributed by atoms with Crippen LogP contribution >= 0.6 is 0 Å². The van der Waals surface area contributed by atoms with E-state index in [2.05, 4.69) is 27.0 Å². The van der Waals surface area contributed by atoms with Gasteiger partial charge in [-0.1, -0.05) is 6.07 Å². The van der Waals surface area contributed by atoms with Crippen molar-refractivity contribution in [2.24, 2.45) is 7.05 Å². The molecule has 124 valence electrons. The molecule has 0 saturated carbocycles. The van der Waals surface area contributed by atoms with Crippen LogP contribution in [0, 0.1) is 0 Å². The first-order chi connectivity index (χ1) is 11.7. The monoisotopic (exact) mass is 324 g/mol. The third-order valence-electron chi connectivity index (χ3n) is 4.68. The van der Waals surface area contributed by atoms with Gasteiger partial charge in [0.25, 0.3) is 0 Å². The van der Waals surface area contributed by atoms with E-state index in [-0.39, 0.29) is 12.7 Å². The van der Waals surface area contributed by atoms with Crippen molar-refractivity contribution in [2.45, 2.75) is 19.1 Å². The molecule has 1 atom stereocenters. The summed E-state index contributed by atoms with van der Waals surface area (Å²) in [5.74, 6) is 1.56. The Morgan fingerprint density at radius 2 is 2.04 bits per heavy atom. The van der Waals surface area contributed by atoms with Crippen LogP contribution in [0.2, 0.25) is 0 Å². The van der Waals surface area contributed by atoms with E-state index in [1.54, 1.807) is 0 Å². The summed E-state index contributed by atoms with van der Waals surface area (Å²) in [7, 11) is 1.91. The van der Waals surface area contributed by atoms with Crippen LogP contribution in [-0.2, 0) is 13.7 Å². The Morgan fingerprint density at radius 1 is 1.21 bits per heavy atom. The molecule has 0 amide bonds. The molecule has 3 heterocycles. The van der Waals surface area contributed by atoms with Crippen LogP contribution < -0.4 is 4.90 Å². The summed E-state index contributed by atoms with van der Waals surface area (Å²) in [6.07, 6.45) is 2.41. The number of aliphatic hydroxyl groups is 2. The summed E-state index contributed by atoms with van der Waals surface area (Å²) < 4.78 is 1.91. The number of rotatable bonds is 3. The summed E-state index contributed by atoms with van der Waals surface area (Å²) in [6.45, 7) is 1.42. The van der Waals surface area contributed by atoms with E-state index in [1.165, 1.54) is 0 Å². The zero-order chi connectivity index (χ0) is 16.7. The number of β-amino-alcohol motifs (C(OH)–C–C–N with tert-alkyl or cyclic N) is 1. The molecular formula is C18H20N4O2. The van der Waals surface area contributed by atoms with Gasteiger partial charge in [-0.25, -0.2) is 9.97 Å². The van der Waals surface area contributed by atoms with E-state index < -0.39 is 0 Å². The Bertz CT molecular complexity index is 873. The van der Waals surface area contributed by atoms with Crippen LogP contribution in [0.25, 0.3) is 22.2 Å². The van der Waals surface area contributed by atoms with Crippen LogP contribution in [0.4, 0.5) is 5.82 Å². The molecule has 0 bridgehead atoms. The van der Waals surface area contributed by atoms with Crippen molar-refractivity contribution in [1.29, 1.82) is 0 Å². The van der Waals surface area contributed by atoms with E-state index in [4.69, 9.17) is 0 Å². The maximum absolute atomic E-state index is 9.65. The summed E-state index contributed by atoms with van der Waals surface area (Å²) in [4.78, 5) is 11.1. The minimum atomic E-state index is -0.251. The molecule has 1 saturated heterocycles. The number of aryl methyl sites for hydroxylation is 1. The predicted molar refractivity (Wildman–Crippen MR) is 92.7 cm³/mol. The second-order valence-electron chi connectivity index (χ2n) is 6.24. The molecule has 0 aliphatic carbocycles. The number of hydrogen-bond acceptors (Lipinski definition) is 5. The fourth-order valence-corrected chi connectivity index (χ4v) is 3.25. The van der Waals surface area contributed by atoms with Crippen LogP contribution in [0.5, 0.6) is 0 Å². The van der Waals surface area contributed by atoms with Gasteiger partial charge in [-0.05, 0) is 36.2 Å². The lowest BCUT2D eigenvalue weighted by Gasteiger charge is -2.16. The fraction of sp³-hybridized carbons (Fsp3) is 0.333. The number of pyridine rings is 1. The smallest absolute Gasteiger partial charge is 0.135 e. The van der Waals surface area contributed by atoms with Gasteiger partial charge in [0.1, 0.15) is 18.2 Å². The molecule has 1 aliphatic rings. The predicted octanol–water partition coefficient (Wildman–Crippen LogP) is 1.70. The highest BCUT2D eigenvalue weighted by molar-refractivity contribution is 5.82. The van der Waals surface area contributed by atoms with Crippen LogP contribution in [0.1, 0.15) is 12.2 Å². The third-order valence-corrected chi connectivity index (χ3v) is 4.68. The van der Waals surface area contributed by atoms with Gasteiger partial charge in [-0.3, -0.25) is 0 Å². The van der Waals surface area contributed by atoms with Gasteiger partial charge in [0, 0.05) is 31.9 Å². The summed E-state index contributed by atoms with van der Waals surface area (Å²) >= 11 is 0. The average molecular weight is 324 g/mol.